The maximum atomic E-state index is 10.5. The monoisotopic (exact) mass is 325 g/mol. The second-order valence-electron chi connectivity index (χ2n) is 5.79. The van der Waals surface area contributed by atoms with Gasteiger partial charge in [0.15, 0.2) is 0 Å². The Morgan fingerprint density at radius 2 is 2.05 bits per heavy atom. The van der Waals surface area contributed by atoms with Gasteiger partial charge >= 0.3 is 5.97 Å². The number of nitrogens with zero attached hydrogens (tertiary/aromatic N) is 1. The van der Waals surface area contributed by atoms with Gasteiger partial charge in [-0.2, -0.15) is 0 Å². The summed E-state index contributed by atoms with van der Waals surface area (Å²) in [6.07, 6.45) is 2.72. The van der Waals surface area contributed by atoms with Crippen LogP contribution >= 0.6 is 15.9 Å². The minimum Gasteiger partial charge on any atom is -0.478 e. The molecule has 0 spiro atoms. The van der Waals surface area contributed by atoms with Crippen molar-refractivity contribution in [3.8, 4) is 0 Å². The van der Waals surface area contributed by atoms with Crippen molar-refractivity contribution < 1.29 is 9.90 Å². The number of anilines is 1. The summed E-state index contributed by atoms with van der Waals surface area (Å²) in [5.74, 6) is -0.944. The van der Waals surface area contributed by atoms with E-state index >= 15 is 0 Å². The second kappa shape index (κ2) is 6.24. The smallest absolute Gasteiger partial charge is 0.328 e. The van der Waals surface area contributed by atoms with Crippen LogP contribution < -0.4 is 4.90 Å². The zero-order chi connectivity index (χ0) is 14.6. The molecule has 0 amide bonds. The van der Waals surface area contributed by atoms with E-state index in [0.29, 0.717) is 0 Å². The summed E-state index contributed by atoms with van der Waals surface area (Å²) in [4.78, 5) is 12.7. The average Bonchev–Trinajstić information content (AvgIpc) is 2.24. The lowest BCUT2D eigenvalue weighted by molar-refractivity contribution is -0.131. The number of carbonyl (C=O) groups is 1. The van der Waals surface area contributed by atoms with E-state index in [1.165, 1.54) is 0 Å². The molecular formula is C15H20BrNO2. The summed E-state index contributed by atoms with van der Waals surface area (Å²) in [5.41, 5.74) is 2.19. The van der Waals surface area contributed by atoms with E-state index in [9.17, 15) is 4.79 Å². The lowest BCUT2D eigenvalue weighted by Gasteiger charge is -2.28. The van der Waals surface area contributed by atoms with Crippen molar-refractivity contribution in [2.45, 2.75) is 20.8 Å². The Morgan fingerprint density at radius 3 is 2.53 bits per heavy atom. The van der Waals surface area contributed by atoms with E-state index in [-0.39, 0.29) is 5.41 Å². The summed E-state index contributed by atoms with van der Waals surface area (Å²) in [5, 5.41) is 8.63. The first-order valence-electron chi connectivity index (χ1n) is 6.11. The topological polar surface area (TPSA) is 40.5 Å². The van der Waals surface area contributed by atoms with Gasteiger partial charge in [-0.1, -0.05) is 42.8 Å². The van der Waals surface area contributed by atoms with Gasteiger partial charge in [0.2, 0.25) is 0 Å². The normalized spacial score (nSPS) is 11.8. The molecule has 0 saturated carbocycles. The Hall–Kier alpha value is -1.29. The van der Waals surface area contributed by atoms with Crippen molar-refractivity contribution >= 4 is 33.7 Å². The molecule has 0 aliphatic carbocycles. The van der Waals surface area contributed by atoms with E-state index in [2.05, 4.69) is 48.6 Å². The molecule has 0 aliphatic heterocycles. The van der Waals surface area contributed by atoms with Gasteiger partial charge in [0.05, 0.1) is 0 Å². The van der Waals surface area contributed by atoms with Crippen LogP contribution in [0.2, 0.25) is 0 Å². The van der Waals surface area contributed by atoms with Crippen LogP contribution in [0.3, 0.4) is 0 Å². The third-order valence-corrected chi connectivity index (χ3v) is 3.23. The first kappa shape index (κ1) is 15.8. The molecule has 4 heteroatoms. The number of hydrogen-bond donors (Lipinski definition) is 1. The SMILES string of the molecule is CN(CC(C)(C)C)c1ccc(/C=C/C(=O)O)c(Br)c1. The summed E-state index contributed by atoms with van der Waals surface area (Å²) < 4.78 is 0.892. The molecule has 1 aromatic rings. The molecule has 0 saturated heterocycles. The van der Waals surface area contributed by atoms with Gasteiger partial charge in [-0.3, -0.25) is 0 Å². The van der Waals surface area contributed by atoms with Crippen LogP contribution in [0, 0.1) is 5.41 Å². The van der Waals surface area contributed by atoms with Gasteiger partial charge in [-0.15, -0.1) is 0 Å². The molecule has 1 rings (SSSR count). The molecule has 0 heterocycles. The largest absolute Gasteiger partial charge is 0.478 e. The number of carboxylic acids is 1. The predicted molar refractivity (Wildman–Crippen MR) is 83.5 cm³/mol. The van der Waals surface area contributed by atoms with E-state index in [1.54, 1.807) is 6.08 Å². The quantitative estimate of drug-likeness (QED) is 0.849. The number of benzene rings is 1. The Labute approximate surface area is 123 Å². The van der Waals surface area contributed by atoms with E-state index < -0.39 is 5.97 Å². The van der Waals surface area contributed by atoms with Crippen molar-refractivity contribution in [2.75, 3.05) is 18.5 Å². The third kappa shape index (κ3) is 5.47. The molecule has 3 nitrogen and oxygen atoms in total. The zero-order valence-corrected chi connectivity index (χ0v) is 13.4. The van der Waals surface area contributed by atoms with Gasteiger partial charge in [0.1, 0.15) is 0 Å². The van der Waals surface area contributed by atoms with Crippen LogP contribution in [-0.2, 0) is 4.79 Å². The number of rotatable bonds is 4. The molecule has 0 radical (unpaired) electrons. The molecule has 0 aromatic heterocycles. The van der Waals surface area contributed by atoms with Crippen molar-refractivity contribution in [1.29, 1.82) is 0 Å². The highest BCUT2D eigenvalue weighted by molar-refractivity contribution is 9.10. The van der Waals surface area contributed by atoms with Crippen LogP contribution in [-0.4, -0.2) is 24.7 Å². The number of hydrogen-bond acceptors (Lipinski definition) is 2. The van der Waals surface area contributed by atoms with Crippen LogP contribution in [0.15, 0.2) is 28.7 Å². The van der Waals surface area contributed by atoms with Crippen LogP contribution in [0.4, 0.5) is 5.69 Å². The van der Waals surface area contributed by atoms with Crippen molar-refractivity contribution in [2.24, 2.45) is 5.41 Å². The van der Waals surface area contributed by atoms with Gasteiger partial charge in [0.25, 0.3) is 0 Å². The predicted octanol–water partition coefficient (Wildman–Crippen LogP) is 4.03. The van der Waals surface area contributed by atoms with Crippen LogP contribution in [0.1, 0.15) is 26.3 Å². The summed E-state index contributed by atoms with van der Waals surface area (Å²) in [6, 6.07) is 5.92. The lowest BCUT2D eigenvalue weighted by Crippen LogP contribution is -2.29. The summed E-state index contributed by atoms with van der Waals surface area (Å²) in [6.45, 7) is 7.54. The molecule has 0 bridgehead atoms. The highest BCUT2D eigenvalue weighted by Crippen LogP contribution is 2.26. The highest BCUT2D eigenvalue weighted by atomic mass is 79.9. The molecule has 1 N–H and O–H groups in total. The van der Waals surface area contributed by atoms with E-state index in [1.807, 2.05) is 18.2 Å². The molecule has 104 valence electrons. The average molecular weight is 326 g/mol. The lowest BCUT2D eigenvalue weighted by atomic mass is 9.96. The fourth-order valence-electron chi connectivity index (χ4n) is 1.85. The minimum absolute atomic E-state index is 0.225. The molecular weight excluding hydrogens is 306 g/mol. The minimum atomic E-state index is -0.944. The first-order valence-corrected chi connectivity index (χ1v) is 6.90. The van der Waals surface area contributed by atoms with Crippen molar-refractivity contribution in [3.63, 3.8) is 0 Å². The van der Waals surface area contributed by atoms with E-state index in [0.717, 1.165) is 28.3 Å². The molecule has 1 aromatic carbocycles. The van der Waals surface area contributed by atoms with Crippen molar-refractivity contribution in [1.82, 2.24) is 0 Å². The fourth-order valence-corrected chi connectivity index (χ4v) is 2.35. The maximum Gasteiger partial charge on any atom is 0.328 e. The second-order valence-corrected chi connectivity index (χ2v) is 6.65. The molecule has 0 atom stereocenters. The molecule has 0 aliphatic rings. The van der Waals surface area contributed by atoms with Gasteiger partial charge in [-0.05, 0) is 29.2 Å². The molecule has 0 fully saturated rings. The maximum absolute atomic E-state index is 10.5. The summed E-state index contributed by atoms with van der Waals surface area (Å²) >= 11 is 3.47. The zero-order valence-electron chi connectivity index (χ0n) is 11.8. The highest BCUT2D eigenvalue weighted by Gasteiger charge is 2.14. The summed E-state index contributed by atoms with van der Waals surface area (Å²) in [7, 11) is 2.06. The number of carboxylic acid groups (broad SMARTS) is 1. The van der Waals surface area contributed by atoms with E-state index in [4.69, 9.17) is 5.11 Å². The molecule has 19 heavy (non-hydrogen) atoms. The Morgan fingerprint density at radius 1 is 1.42 bits per heavy atom. The standard InChI is InChI=1S/C15H20BrNO2/c1-15(2,3)10-17(4)12-7-5-11(13(16)9-12)6-8-14(18)19/h5-9H,10H2,1-4H3,(H,18,19)/b8-6+. The Kier molecular flexibility index (Phi) is 5.18. The number of aliphatic carboxylic acids is 1. The fraction of sp³-hybridized carbons (Fsp3) is 0.400. The van der Waals surface area contributed by atoms with Gasteiger partial charge < -0.3 is 10.0 Å². The van der Waals surface area contributed by atoms with Gasteiger partial charge in [0, 0.05) is 29.8 Å². The Bertz CT molecular complexity index is 489. The number of halogens is 1. The van der Waals surface area contributed by atoms with Crippen LogP contribution in [0.25, 0.3) is 6.08 Å². The van der Waals surface area contributed by atoms with Gasteiger partial charge in [-0.25, -0.2) is 4.79 Å². The van der Waals surface area contributed by atoms with Crippen LogP contribution in [0.5, 0.6) is 0 Å². The Balaban J connectivity index is 2.90. The third-order valence-electron chi connectivity index (χ3n) is 2.54. The van der Waals surface area contributed by atoms with Crippen molar-refractivity contribution in [3.05, 3.63) is 34.3 Å². The first-order chi connectivity index (χ1) is 8.69. The molecule has 0 unspecified atom stereocenters.